The topological polar surface area (TPSA) is 96.4 Å². The Balaban J connectivity index is 1.59. The third-order valence-corrected chi connectivity index (χ3v) is 4.85. The molecule has 0 saturated heterocycles. The van der Waals surface area contributed by atoms with Crippen LogP contribution in [0.1, 0.15) is 12.5 Å². The van der Waals surface area contributed by atoms with Crippen LogP contribution in [0.3, 0.4) is 0 Å². The van der Waals surface area contributed by atoms with Crippen LogP contribution in [0.2, 0.25) is 5.02 Å². The zero-order chi connectivity index (χ0) is 23.0. The zero-order valence-corrected chi connectivity index (χ0v) is 18.8. The lowest BCUT2D eigenvalue weighted by atomic mass is 10.1. The molecule has 1 heterocycles. The first-order valence-electron chi connectivity index (χ1n) is 10.1. The number of anilines is 5. The molecule has 1 aromatic heterocycles. The van der Waals surface area contributed by atoms with Crippen molar-refractivity contribution in [3.63, 3.8) is 0 Å². The molecule has 8 nitrogen and oxygen atoms in total. The van der Waals surface area contributed by atoms with Crippen molar-refractivity contribution in [3.05, 3.63) is 89.4 Å². The normalized spacial score (nSPS) is 11.1. The number of rotatable bonds is 8. The Morgan fingerprint density at radius 3 is 1.94 bits per heavy atom. The van der Waals surface area contributed by atoms with Crippen molar-refractivity contribution in [2.45, 2.75) is 6.92 Å². The van der Waals surface area contributed by atoms with E-state index in [9.17, 15) is 0 Å². The monoisotopic (exact) mass is 459 g/mol. The van der Waals surface area contributed by atoms with Gasteiger partial charge in [-0.2, -0.15) is 20.1 Å². The fourth-order valence-corrected chi connectivity index (χ4v) is 3.01. The molecular formula is C24H22ClN7O. The molecule has 0 aliphatic rings. The molecule has 166 valence electrons. The summed E-state index contributed by atoms with van der Waals surface area (Å²) in [6, 6.07) is 24.5. The van der Waals surface area contributed by atoms with Crippen LogP contribution < -0.4 is 20.8 Å². The van der Waals surface area contributed by atoms with Gasteiger partial charge in [0.1, 0.15) is 5.75 Å². The van der Waals surface area contributed by atoms with Gasteiger partial charge in [0.15, 0.2) is 0 Å². The molecule has 0 aliphatic heterocycles. The highest BCUT2D eigenvalue weighted by atomic mass is 35.5. The summed E-state index contributed by atoms with van der Waals surface area (Å²) < 4.78 is 5.21. The van der Waals surface area contributed by atoms with Crippen LogP contribution in [0, 0.1) is 0 Å². The van der Waals surface area contributed by atoms with Crippen LogP contribution in [-0.2, 0) is 0 Å². The van der Waals surface area contributed by atoms with Gasteiger partial charge in [0.05, 0.1) is 12.8 Å². The Kier molecular flexibility index (Phi) is 6.96. The molecule has 0 bridgehead atoms. The number of hydrogen-bond acceptors (Lipinski definition) is 8. The fourth-order valence-electron chi connectivity index (χ4n) is 2.88. The lowest BCUT2D eigenvalue weighted by molar-refractivity contribution is 0.415. The minimum absolute atomic E-state index is 0.285. The van der Waals surface area contributed by atoms with E-state index in [1.165, 1.54) is 0 Å². The van der Waals surface area contributed by atoms with Gasteiger partial charge in [-0.25, -0.2) is 5.43 Å². The van der Waals surface area contributed by atoms with E-state index in [4.69, 9.17) is 16.3 Å². The van der Waals surface area contributed by atoms with Crippen LogP contribution in [-0.4, -0.2) is 27.8 Å². The third kappa shape index (κ3) is 6.18. The number of nitrogens with zero attached hydrogens (tertiary/aromatic N) is 4. The van der Waals surface area contributed by atoms with Gasteiger partial charge in [-0.3, -0.25) is 0 Å². The largest absolute Gasteiger partial charge is 0.497 e. The van der Waals surface area contributed by atoms with E-state index < -0.39 is 0 Å². The average molecular weight is 460 g/mol. The summed E-state index contributed by atoms with van der Waals surface area (Å²) in [5.74, 6) is 1.77. The highest BCUT2D eigenvalue weighted by Crippen LogP contribution is 2.21. The number of benzene rings is 3. The summed E-state index contributed by atoms with van der Waals surface area (Å²) in [6.07, 6.45) is 0. The molecule has 33 heavy (non-hydrogen) atoms. The van der Waals surface area contributed by atoms with E-state index >= 15 is 0 Å². The van der Waals surface area contributed by atoms with Gasteiger partial charge in [0.25, 0.3) is 0 Å². The average Bonchev–Trinajstić information content (AvgIpc) is 2.84. The first-order valence-corrected chi connectivity index (χ1v) is 10.5. The maximum absolute atomic E-state index is 5.97. The lowest BCUT2D eigenvalue weighted by Crippen LogP contribution is -2.08. The van der Waals surface area contributed by atoms with Gasteiger partial charge in [-0.1, -0.05) is 41.9 Å². The first-order chi connectivity index (χ1) is 16.1. The highest BCUT2D eigenvalue weighted by molar-refractivity contribution is 6.30. The second-order valence-corrected chi connectivity index (χ2v) is 7.40. The van der Waals surface area contributed by atoms with Crippen LogP contribution in [0.4, 0.5) is 29.2 Å². The van der Waals surface area contributed by atoms with Crippen molar-refractivity contribution in [3.8, 4) is 5.75 Å². The van der Waals surface area contributed by atoms with E-state index in [-0.39, 0.29) is 5.95 Å². The number of para-hydroxylation sites is 1. The molecule has 4 aromatic rings. The van der Waals surface area contributed by atoms with Crippen molar-refractivity contribution in [1.29, 1.82) is 0 Å². The van der Waals surface area contributed by atoms with Gasteiger partial charge < -0.3 is 15.4 Å². The quantitative estimate of drug-likeness (QED) is 0.224. The van der Waals surface area contributed by atoms with Crippen molar-refractivity contribution in [2.75, 3.05) is 23.2 Å². The summed E-state index contributed by atoms with van der Waals surface area (Å²) in [4.78, 5) is 13.4. The molecule has 0 fully saturated rings. The van der Waals surface area contributed by atoms with E-state index in [2.05, 4.69) is 36.1 Å². The highest BCUT2D eigenvalue weighted by Gasteiger charge is 2.08. The Morgan fingerprint density at radius 2 is 1.33 bits per heavy atom. The number of hydrogen-bond donors (Lipinski definition) is 3. The molecular weight excluding hydrogens is 438 g/mol. The number of hydrazone groups is 1. The number of nitrogens with one attached hydrogen (secondary N) is 3. The zero-order valence-electron chi connectivity index (χ0n) is 18.1. The van der Waals surface area contributed by atoms with E-state index in [0.717, 1.165) is 28.4 Å². The SMILES string of the molecule is COc1ccc(Nc2nc(N/N=C(\C)c3ccc(Cl)cc3)nc(Nc3ccccc3)n2)cc1. The summed E-state index contributed by atoms with van der Waals surface area (Å²) in [5.41, 5.74) is 6.27. The molecule has 0 radical (unpaired) electrons. The molecule has 0 saturated carbocycles. The lowest BCUT2D eigenvalue weighted by Gasteiger charge is -2.11. The number of aromatic nitrogens is 3. The second kappa shape index (κ2) is 10.4. The Morgan fingerprint density at radius 1 is 0.758 bits per heavy atom. The van der Waals surface area contributed by atoms with E-state index in [1.807, 2.05) is 85.8 Å². The minimum atomic E-state index is 0.285. The molecule has 0 amide bonds. The standard InChI is InChI=1S/C24H22ClN7O/c1-16(17-8-10-18(25)11-9-17)31-32-24-29-22(26-19-6-4-3-5-7-19)28-23(30-24)27-20-12-14-21(33-2)15-13-20/h3-15H,1-2H3,(H3,26,27,28,29,30,32)/b31-16+. The van der Waals surface area contributed by atoms with Crippen molar-refractivity contribution in [2.24, 2.45) is 5.10 Å². The molecule has 4 rings (SSSR count). The predicted molar refractivity (Wildman–Crippen MR) is 133 cm³/mol. The van der Waals surface area contributed by atoms with Gasteiger partial charge in [0.2, 0.25) is 17.8 Å². The summed E-state index contributed by atoms with van der Waals surface area (Å²) in [6.45, 7) is 1.89. The van der Waals surface area contributed by atoms with Crippen molar-refractivity contribution in [1.82, 2.24) is 15.0 Å². The van der Waals surface area contributed by atoms with Gasteiger partial charge in [-0.05, 0) is 61.0 Å². The van der Waals surface area contributed by atoms with Crippen molar-refractivity contribution < 1.29 is 4.74 Å². The molecule has 0 unspecified atom stereocenters. The maximum atomic E-state index is 5.97. The molecule has 9 heteroatoms. The number of methoxy groups -OCH3 is 1. The smallest absolute Gasteiger partial charge is 0.250 e. The molecule has 3 N–H and O–H groups in total. The molecule has 0 spiro atoms. The van der Waals surface area contributed by atoms with Gasteiger partial charge >= 0.3 is 0 Å². The Labute approximate surface area is 196 Å². The Hall–Kier alpha value is -4.17. The fraction of sp³-hybridized carbons (Fsp3) is 0.0833. The van der Waals surface area contributed by atoms with Crippen molar-refractivity contribution >= 4 is 46.5 Å². The Bertz CT molecular complexity index is 1230. The number of ether oxygens (including phenoxy) is 1. The third-order valence-electron chi connectivity index (χ3n) is 4.60. The summed E-state index contributed by atoms with van der Waals surface area (Å²) in [5, 5.41) is 11.5. The number of halogens is 1. The molecule has 3 aromatic carbocycles. The first kappa shape index (κ1) is 22.0. The molecule has 0 atom stereocenters. The minimum Gasteiger partial charge on any atom is -0.497 e. The van der Waals surface area contributed by atoms with Crippen LogP contribution in [0.25, 0.3) is 0 Å². The van der Waals surface area contributed by atoms with E-state index in [1.54, 1.807) is 7.11 Å². The van der Waals surface area contributed by atoms with Gasteiger partial charge in [0, 0.05) is 16.4 Å². The predicted octanol–water partition coefficient (Wildman–Crippen LogP) is 5.86. The molecule has 0 aliphatic carbocycles. The van der Waals surface area contributed by atoms with Crippen LogP contribution in [0.15, 0.2) is 84.0 Å². The van der Waals surface area contributed by atoms with Gasteiger partial charge in [-0.15, -0.1) is 0 Å². The summed E-state index contributed by atoms with van der Waals surface area (Å²) in [7, 11) is 1.63. The van der Waals surface area contributed by atoms with Crippen LogP contribution >= 0.6 is 11.6 Å². The second-order valence-electron chi connectivity index (χ2n) is 6.97. The van der Waals surface area contributed by atoms with Crippen LogP contribution in [0.5, 0.6) is 5.75 Å². The van der Waals surface area contributed by atoms with E-state index in [0.29, 0.717) is 16.9 Å². The summed E-state index contributed by atoms with van der Waals surface area (Å²) >= 11 is 5.97. The maximum Gasteiger partial charge on any atom is 0.250 e.